The minimum absolute atomic E-state index is 0.183. The van der Waals surface area contributed by atoms with Crippen LogP contribution in [0.25, 0.3) is 0 Å². The molecule has 2 rings (SSSR count). The lowest BCUT2D eigenvalue weighted by Crippen LogP contribution is -2.14. The molecule has 2 aromatic carbocycles. The largest absolute Gasteiger partial charge is 0.399 e. The zero-order valence-electron chi connectivity index (χ0n) is 11.0. The average molecular weight is 318 g/mol. The summed E-state index contributed by atoms with van der Waals surface area (Å²) in [5, 5.41) is 12.2. The van der Waals surface area contributed by atoms with E-state index in [-0.39, 0.29) is 11.7 Å². The zero-order chi connectivity index (χ0) is 15.2. The fraction of sp³-hybridized carbons (Fsp3) is 0.0667. The van der Waals surface area contributed by atoms with Gasteiger partial charge in [0.2, 0.25) is 5.91 Å². The summed E-state index contributed by atoms with van der Waals surface area (Å²) in [6.45, 7) is 0. The van der Waals surface area contributed by atoms with Crippen LogP contribution in [0.15, 0.2) is 47.4 Å². The summed E-state index contributed by atoms with van der Waals surface area (Å²) in [6.07, 6.45) is 0. The predicted octanol–water partition coefficient (Wildman–Crippen LogP) is 3.52. The van der Waals surface area contributed by atoms with E-state index in [0.29, 0.717) is 22.0 Å². The molecule has 0 aliphatic heterocycles. The molecule has 2 aromatic rings. The maximum Gasteiger partial charge on any atom is 0.234 e. The number of nitrogen functional groups attached to an aromatic ring is 1. The van der Waals surface area contributed by atoms with Gasteiger partial charge in [-0.3, -0.25) is 4.79 Å². The smallest absolute Gasteiger partial charge is 0.234 e. The van der Waals surface area contributed by atoms with Crippen LogP contribution in [0, 0.1) is 11.3 Å². The summed E-state index contributed by atoms with van der Waals surface area (Å²) < 4.78 is 0. The van der Waals surface area contributed by atoms with Gasteiger partial charge in [-0.05, 0) is 30.3 Å². The Labute approximate surface area is 131 Å². The number of rotatable bonds is 4. The quantitative estimate of drug-likeness (QED) is 0.668. The van der Waals surface area contributed by atoms with Crippen LogP contribution < -0.4 is 11.1 Å². The summed E-state index contributed by atoms with van der Waals surface area (Å²) in [6, 6.07) is 14.0. The van der Waals surface area contributed by atoms with Crippen molar-refractivity contribution in [3.63, 3.8) is 0 Å². The van der Waals surface area contributed by atoms with Crippen molar-refractivity contribution in [1.82, 2.24) is 0 Å². The molecule has 6 heteroatoms. The molecule has 21 heavy (non-hydrogen) atoms. The van der Waals surface area contributed by atoms with Gasteiger partial charge in [-0.2, -0.15) is 5.26 Å². The first-order valence-corrected chi connectivity index (χ1v) is 7.43. The van der Waals surface area contributed by atoms with Crippen molar-refractivity contribution in [2.45, 2.75) is 4.90 Å². The maximum atomic E-state index is 11.9. The number of para-hydroxylation sites is 1. The summed E-state index contributed by atoms with van der Waals surface area (Å²) in [7, 11) is 0. The lowest BCUT2D eigenvalue weighted by Gasteiger charge is -2.08. The molecule has 106 valence electrons. The number of carbonyl (C=O) groups is 1. The molecule has 4 nitrogen and oxygen atoms in total. The lowest BCUT2D eigenvalue weighted by molar-refractivity contribution is -0.113. The van der Waals surface area contributed by atoms with Crippen LogP contribution in [-0.2, 0) is 4.79 Å². The number of nitriles is 1. The van der Waals surface area contributed by atoms with Crippen LogP contribution >= 0.6 is 23.4 Å². The first kappa shape index (κ1) is 15.2. The summed E-state index contributed by atoms with van der Waals surface area (Å²) >= 11 is 7.33. The van der Waals surface area contributed by atoms with Crippen molar-refractivity contribution in [3.8, 4) is 6.07 Å². The fourth-order valence-electron chi connectivity index (χ4n) is 1.65. The summed E-state index contributed by atoms with van der Waals surface area (Å²) in [5.41, 5.74) is 7.21. The van der Waals surface area contributed by atoms with Gasteiger partial charge in [0.25, 0.3) is 0 Å². The molecule has 0 spiro atoms. The van der Waals surface area contributed by atoms with Crippen molar-refractivity contribution in [2.75, 3.05) is 16.8 Å². The third-order valence-corrected chi connectivity index (χ3v) is 4.13. The normalized spacial score (nSPS) is 9.90. The lowest BCUT2D eigenvalue weighted by atomic mass is 10.2. The van der Waals surface area contributed by atoms with E-state index in [1.807, 2.05) is 6.07 Å². The van der Waals surface area contributed by atoms with Crippen molar-refractivity contribution in [3.05, 3.63) is 53.1 Å². The number of thioether (sulfide) groups is 1. The van der Waals surface area contributed by atoms with Crippen LogP contribution in [0.5, 0.6) is 0 Å². The highest BCUT2D eigenvalue weighted by atomic mass is 35.5. The van der Waals surface area contributed by atoms with Gasteiger partial charge in [-0.15, -0.1) is 11.8 Å². The van der Waals surface area contributed by atoms with Crippen molar-refractivity contribution < 1.29 is 4.79 Å². The molecule has 0 aromatic heterocycles. The number of carbonyl (C=O) groups excluding carboxylic acids is 1. The minimum Gasteiger partial charge on any atom is -0.399 e. The van der Waals surface area contributed by atoms with Gasteiger partial charge in [0.15, 0.2) is 0 Å². The van der Waals surface area contributed by atoms with E-state index in [0.717, 1.165) is 4.90 Å². The zero-order valence-corrected chi connectivity index (χ0v) is 12.5. The highest BCUT2D eigenvalue weighted by molar-refractivity contribution is 8.00. The molecule has 0 aliphatic rings. The number of anilines is 2. The number of amides is 1. The molecule has 0 bridgehead atoms. The Morgan fingerprint density at radius 2 is 2.10 bits per heavy atom. The Kier molecular flexibility index (Phi) is 5.09. The molecule has 0 saturated heterocycles. The molecule has 0 saturated carbocycles. The summed E-state index contributed by atoms with van der Waals surface area (Å²) in [4.78, 5) is 12.7. The second-order valence-electron chi connectivity index (χ2n) is 4.18. The van der Waals surface area contributed by atoms with E-state index in [9.17, 15) is 4.79 Å². The van der Waals surface area contributed by atoms with E-state index in [1.165, 1.54) is 11.8 Å². The molecular weight excluding hydrogens is 306 g/mol. The van der Waals surface area contributed by atoms with Crippen molar-refractivity contribution in [1.29, 1.82) is 5.26 Å². The van der Waals surface area contributed by atoms with E-state index < -0.39 is 0 Å². The molecule has 0 atom stereocenters. The van der Waals surface area contributed by atoms with Crippen LogP contribution in [0.3, 0.4) is 0 Å². The number of nitrogens with zero attached hydrogens (tertiary/aromatic N) is 1. The Morgan fingerprint density at radius 1 is 1.33 bits per heavy atom. The van der Waals surface area contributed by atoms with Crippen LogP contribution in [-0.4, -0.2) is 11.7 Å². The Balaban J connectivity index is 2.00. The minimum atomic E-state index is -0.207. The summed E-state index contributed by atoms with van der Waals surface area (Å²) in [5.74, 6) is -0.0238. The maximum absolute atomic E-state index is 11.9. The molecule has 0 aliphatic carbocycles. The van der Waals surface area contributed by atoms with Gasteiger partial charge < -0.3 is 11.1 Å². The number of benzene rings is 2. The van der Waals surface area contributed by atoms with Gasteiger partial charge in [-0.1, -0.05) is 23.7 Å². The van der Waals surface area contributed by atoms with E-state index >= 15 is 0 Å². The van der Waals surface area contributed by atoms with Gasteiger partial charge in [0, 0.05) is 10.6 Å². The van der Waals surface area contributed by atoms with Crippen LogP contribution in [0.4, 0.5) is 11.4 Å². The number of nitrogens with two attached hydrogens (primary N) is 1. The first-order valence-electron chi connectivity index (χ1n) is 6.07. The third-order valence-electron chi connectivity index (χ3n) is 2.64. The van der Waals surface area contributed by atoms with Crippen molar-refractivity contribution in [2.24, 2.45) is 0 Å². The predicted molar refractivity (Wildman–Crippen MR) is 86.4 cm³/mol. The SMILES string of the molecule is N#Cc1ccccc1NC(=O)CSc1cc(N)ccc1Cl. The number of halogens is 1. The molecule has 0 radical (unpaired) electrons. The van der Waals surface area contributed by atoms with Gasteiger partial charge in [0.05, 0.1) is 22.0 Å². The molecular formula is C15H12ClN3OS. The standard InChI is InChI=1S/C15H12ClN3OS/c16-12-6-5-11(18)7-14(12)21-9-15(20)19-13-4-2-1-3-10(13)8-17/h1-7H,9,18H2,(H,19,20). The fourth-order valence-corrected chi connectivity index (χ4v) is 2.72. The Hall–Kier alpha value is -2.16. The second-order valence-corrected chi connectivity index (χ2v) is 5.61. The Morgan fingerprint density at radius 3 is 2.86 bits per heavy atom. The number of nitrogens with one attached hydrogen (secondary N) is 1. The molecule has 3 N–H and O–H groups in total. The molecule has 0 heterocycles. The topological polar surface area (TPSA) is 78.9 Å². The molecule has 0 unspecified atom stereocenters. The van der Waals surface area contributed by atoms with E-state index in [4.69, 9.17) is 22.6 Å². The van der Waals surface area contributed by atoms with Crippen LogP contribution in [0.2, 0.25) is 5.02 Å². The van der Waals surface area contributed by atoms with E-state index in [2.05, 4.69) is 5.32 Å². The molecule has 0 fully saturated rings. The van der Waals surface area contributed by atoms with E-state index in [1.54, 1.807) is 42.5 Å². The average Bonchev–Trinajstić information content (AvgIpc) is 2.49. The number of hydrogen-bond donors (Lipinski definition) is 2. The first-order chi connectivity index (χ1) is 10.1. The molecule has 1 amide bonds. The van der Waals surface area contributed by atoms with Crippen molar-refractivity contribution >= 4 is 40.6 Å². The van der Waals surface area contributed by atoms with Gasteiger partial charge in [0.1, 0.15) is 6.07 Å². The second kappa shape index (κ2) is 7.02. The van der Waals surface area contributed by atoms with Gasteiger partial charge in [-0.25, -0.2) is 0 Å². The number of hydrogen-bond acceptors (Lipinski definition) is 4. The highest BCUT2D eigenvalue weighted by Gasteiger charge is 2.09. The monoisotopic (exact) mass is 317 g/mol. The Bertz CT molecular complexity index is 712. The van der Waals surface area contributed by atoms with Gasteiger partial charge >= 0.3 is 0 Å². The highest BCUT2D eigenvalue weighted by Crippen LogP contribution is 2.29. The van der Waals surface area contributed by atoms with Crippen LogP contribution in [0.1, 0.15) is 5.56 Å². The third kappa shape index (κ3) is 4.15.